The van der Waals surface area contributed by atoms with Crippen molar-refractivity contribution in [3.63, 3.8) is 0 Å². The maximum atomic E-state index is 2.71. The van der Waals surface area contributed by atoms with Crippen LogP contribution in [0, 0.1) is 0 Å². The number of hydrogen-bond donors (Lipinski definition) is 0. The maximum absolute atomic E-state index is 2.71. The first-order valence-electron chi connectivity index (χ1n) is 18.5. The molecule has 0 atom stereocenters. The number of nitrogens with zero attached hydrogens (tertiary/aromatic N) is 2. The molecule has 0 saturated carbocycles. The second-order valence-electron chi connectivity index (χ2n) is 12.9. The lowest BCUT2D eigenvalue weighted by Gasteiger charge is -2.33. The third-order valence-corrected chi connectivity index (χ3v) is 9.07. The molecule has 39 heavy (non-hydrogen) atoms. The first kappa shape index (κ1) is 36.4. The van der Waals surface area contributed by atoms with Crippen LogP contribution in [0.25, 0.3) is 0 Å². The molecule has 0 N–H and O–H groups in total. The van der Waals surface area contributed by atoms with Crippen molar-refractivity contribution in [1.29, 1.82) is 0 Å². The van der Waals surface area contributed by atoms with Crippen LogP contribution in [0.4, 0.5) is 0 Å². The van der Waals surface area contributed by atoms with Gasteiger partial charge in [-0.15, -0.1) is 0 Å². The first-order chi connectivity index (χ1) is 19.3. The topological polar surface area (TPSA) is 6.48 Å². The summed E-state index contributed by atoms with van der Waals surface area (Å²) in [5, 5.41) is 0. The zero-order chi connectivity index (χ0) is 28.1. The van der Waals surface area contributed by atoms with Crippen LogP contribution < -0.4 is 0 Å². The fraction of sp³-hybridized carbons (Fsp3) is 0.946. The van der Waals surface area contributed by atoms with Gasteiger partial charge in [-0.3, -0.25) is 0 Å². The smallest absolute Gasteiger partial charge is 0.101 e. The van der Waals surface area contributed by atoms with Crippen LogP contribution in [0.2, 0.25) is 0 Å². The van der Waals surface area contributed by atoms with Crippen molar-refractivity contribution in [3.05, 3.63) is 12.4 Å². The summed E-state index contributed by atoms with van der Waals surface area (Å²) < 4.78 is 0. The fourth-order valence-electron chi connectivity index (χ4n) is 6.36. The molecule has 0 saturated heterocycles. The summed E-state index contributed by atoms with van der Waals surface area (Å²) in [6.45, 7) is 9.48. The van der Waals surface area contributed by atoms with E-state index in [1.54, 1.807) is 0 Å². The second-order valence-corrected chi connectivity index (χ2v) is 12.9. The Bertz CT molecular complexity index is 468. The minimum Gasteiger partial charge on any atom is -0.356 e. The van der Waals surface area contributed by atoms with E-state index in [1.807, 2.05) is 0 Å². The van der Waals surface area contributed by atoms with Crippen molar-refractivity contribution in [2.24, 2.45) is 0 Å². The molecule has 0 fully saturated rings. The van der Waals surface area contributed by atoms with E-state index in [2.05, 4.69) is 43.0 Å². The molecule has 2 heteroatoms. The van der Waals surface area contributed by atoms with Crippen molar-refractivity contribution in [3.8, 4) is 0 Å². The van der Waals surface area contributed by atoms with Gasteiger partial charge in [-0.25, -0.2) is 0 Å². The van der Waals surface area contributed by atoms with E-state index in [0.717, 1.165) is 0 Å². The number of hydrogen-bond acceptors (Lipinski definition) is 2. The van der Waals surface area contributed by atoms with E-state index in [-0.39, 0.29) is 0 Å². The molecule has 0 radical (unpaired) electrons. The van der Waals surface area contributed by atoms with Gasteiger partial charge in [0.05, 0.1) is 0 Å². The Morgan fingerprint density at radius 1 is 0.333 bits per heavy atom. The predicted octanol–water partition coefficient (Wildman–Crippen LogP) is 12.8. The normalized spacial score (nSPS) is 13.8. The largest absolute Gasteiger partial charge is 0.356 e. The van der Waals surface area contributed by atoms with Crippen LogP contribution in [0.15, 0.2) is 12.4 Å². The Kier molecular flexibility index (Phi) is 26.9. The Hall–Kier alpha value is -0.660. The molecule has 0 unspecified atom stereocenters. The van der Waals surface area contributed by atoms with E-state index in [1.165, 1.54) is 199 Å². The fourth-order valence-corrected chi connectivity index (χ4v) is 6.36. The molecule has 1 aliphatic heterocycles. The molecular formula is C37H74N2. The Morgan fingerprint density at radius 3 is 0.897 bits per heavy atom. The lowest BCUT2D eigenvalue weighted by Crippen LogP contribution is -2.39. The Balaban J connectivity index is 2.24. The summed E-state index contributed by atoms with van der Waals surface area (Å²) in [5.74, 6) is 0. The summed E-state index contributed by atoms with van der Waals surface area (Å²) in [7, 11) is 0. The number of rotatable bonds is 31. The van der Waals surface area contributed by atoms with Gasteiger partial charge in [-0.2, -0.15) is 0 Å². The van der Waals surface area contributed by atoms with Crippen LogP contribution in [-0.2, 0) is 0 Å². The van der Waals surface area contributed by atoms with Gasteiger partial charge < -0.3 is 9.80 Å². The molecule has 0 aromatic carbocycles. The molecular weight excluding hydrogens is 472 g/mol. The van der Waals surface area contributed by atoms with Crippen LogP contribution in [0.5, 0.6) is 0 Å². The molecule has 232 valence electrons. The third-order valence-electron chi connectivity index (χ3n) is 9.07. The molecule has 0 aromatic rings. The van der Waals surface area contributed by atoms with Crippen molar-refractivity contribution in [1.82, 2.24) is 9.80 Å². The molecule has 1 rings (SSSR count). The SMILES string of the molecule is CCCCCCCCCCCCN1C=CN(CCCCCCCCCCCC)C1CCCCCCCCCC. The van der Waals surface area contributed by atoms with Crippen LogP contribution in [0.3, 0.4) is 0 Å². The van der Waals surface area contributed by atoms with Crippen LogP contribution in [0.1, 0.15) is 207 Å². The standard InChI is InChI=1S/C37H74N2/c1-4-7-10-13-16-19-21-24-27-30-33-38-35-36-39(34-31-28-25-22-20-17-14-11-8-5-2)37(38)32-29-26-23-18-15-12-9-6-3/h35-37H,4-34H2,1-3H3. The maximum Gasteiger partial charge on any atom is 0.101 e. The third kappa shape index (κ3) is 21.7. The predicted molar refractivity (Wildman–Crippen MR) is 177 cm³/mol. The van der Waals surface area contributed by atoms with Crippen molar-refractivity contribution >= 4 is 0 Å². The highest BCUT2D eigenvalue weighted by molar-refractivity contribution is 4.97. The molecule has 1 aliphatic rings. The lowest BCUT2D eigenvalue weighted by atomic mass is 10.0. The minimum absolute atomic E-state index is 0.641. The van der Waals surface area contributed by atoms with Crippen LogP contribution in [-0.4, -0.2) is 29.1 Å². The molecule has 2 nitrogen and oxygen atoms in total. The summed E-state index contributed by atoms with van der Waals surface area (Å²) in [6.07, 6.45) is 46.9. The Labute approximate surface area is 248 Å². The van der Waals surface area contributed by atoms with Gasteiger partial charge in [-0.05, 0) is 25.7 Å². The molecule has 0 bridgehead atoms. The molecule has 1 heterocycles. The van der Waals surface area contributed by atoms with Gasteiger partial charge in [-0.1, -0.05) is 181 Å². The van der Waals surface area contributed by atoms with E-state index < -0.39 is 0 Å². The zero-order valence-electron chi connectivity index (χ0n) is 27.5. The average Bonchev–Trinajstić information content (AvgIpc) is 3.33. The molecule has 0 aliphatic carbocycles. The van der Waals surface area contributed by atoms with E-state index in [4.69, 9.17) is 0 Å². The average molecular weight is 547 g/mol. The van der Waals surface area contributed by atoms with Gasteiger partial charge >= 0.3 is 0 Å². The van der Waals surface area contributed by atoms with Crippen molar-refractivity contribution in [2.75, 3.05) is 13.1 Å². The molecule has 0 amide bonds. The van der Waals surface area contributed by atoms with Gasteiger partial charge in [0, 0.05) is 25.5 Å². The zero-order valence-corrected chi connectivity index (χ0v) is 27.5. The quantitative estimate of drug-likeness (QED) is 0.0798. The highest BCUT2D eigenvalue weighted by Gasteiger charge is 2.24. The molecule has 0 aromatic heterocycles. The van der Waals surface area contributed by atoms with Crippen LogP contribution >= 0.6 is 0 Å². The monoisotopic (exact) mass is 547 g/mol. The summed E-state index contributed by atoms with van der Waals surface area (Å²) in [5.41, 5.74) is 0. The molecule has 0 spiro atoms. The summed E-state index contributed by atoms with van der Waals surface area (Å²) >= 11 is 0. The van der Waals surface area contributed by atoms with Gasteiger partial charge in [0.25, 0.3) is 0 Å². The summed E-state index contributed by atoms with van der Waals surface area (Å²) in [6, 6.07) is 0. The van der Waals surface area contributed by atoms with Gasteiger partial charge in [0.2, 0.25) is 0 Å². The second kappa shape index (κ2) is 28.9. The lowest BCUT2D eigenvalue weighted by molar-refractivity contribution is 0.135. The first-order valence-corrected chi connectivity index (χ1v) is 18.5. The van der Waals surface area contributed by atoms with Gasteiger partial charge in [0.1, 0.15) is 6.17 Å². The van der Waals surface area contributed by atoms with E-state index >= 15 is 0 Å². The highest BCUT2D eigenvalue weighted by atomic mass is 15.4. The number of unbranched alkanes of at least 4 members (excludes halogenated alkanes) is 25. The van der Waals surface area contributed by atoms with Crippen molar-refractivity contribution < 1.29 is 0 Å². The van der Waals surface area contributed by atoms with Gasteiger partial charge in [0.15, 0.2) is 0 Å². The Morgan fingerprint density at radius 2 is 0.590 bits per heavy atom. The summed E-state index contributed by atoms with van der Waals surface area (Å²) in [4.78, 5) is 5.42. The highest BCUT2D eigenvalue weighted by Crippen LogP contribution is 2.24. The van der Waals surface area contributed by atoms with Crippen molar-refractivity contribution in [2.45, 2.75) is 213 Å². The minimum atomic E-state index is 0.641. The van der Waals surface area contributed by atoms with E-state index in [9.17, 15) is 0 Å². The van der Waals surface area contributed by atoms with E-state index in [0.29, 0.717) is 6.17 Å².